The largest absolute Gasteiger partial charge is 0.207 e. The monoisotopic (exact) mass is 332 g/mol. The number of fused-ring (bicyclic) bond motifs is 1. The van der Waals surface area contributed by atoms with Crippen molar-refractivity contribution in [3.8, 4) is 0 Å². The van der Waals surface area contributed by atoms with Crippen molar-refractivity contribution in [3.63, 3.8) is 0 Å². The molecule has 0 N–H and O–H groups in total. The van der Waals surface area contributed by atoms with E-state index in [0.29, 0.717) is 0 Å². The summed E-state index contributed by atoms with van der Waals surface area (Å²) in [7, 11) is 0. The number of hydrogen-bond donors (Lipinski definition) is 0. The van der Waals surface area contributed by atoms with Crippen molar-refractivity contribution < 1.29 is 4.39 Å². The molecule has 0 radical (unpaired) electrons. The summed E-state index contributed by atoms with van der Waals surface area (Å²) in [4.78, 5) is 2.96. The smallest absolute Gasteiger partial charge is 0.123 e. The SMILES string of the molecule is CCCCCc1cc2cc(CCc3ccc(F)cc3)sc2s1. The van der Waals surface area contributed by atoms with Crippen LogP contribution in [0.1, 0.15) is 41.5 Å². The molecule has 2 heterocycles. The van der Waals surface area contributed by atoms with Crippen LogP contribution >= 0.6 is 22.7 Å². The molecule has 116 valence electrons. The van der Waals surface area contributed by atoms with Gasteiger partial charge in [-0.15, -0.1) is 22.7 Å². The molecular weight excluding hydrogens is 311 g/mol. The van der Waals surface area contributed by atoms with E-state index in [4.69, 9.17) is 0 Å². The fourth-order valence-corrected chi connectivity index (χ4v) is 5.24. The van der Waals surface area contributed by atoms with Gasteiger partial charge in [0.25, 0.3) is 0 Å². The van der Waals surface area contributed by atoms with E-state index >= 15 is 0 Å². The van der Waals surface area contributed by atoms with E-state index in [9.17, 15) is 4.39 Å². The van der Waals surface area contributed by atoms with E-state index in [1.54, 1.807) is 12.1 Å². The Bertz CT molecular complexity index is 690. The van der Waals surface area contributed by atoms with Gasteiger partial charge in [-0.1, -0.05) is 31.9 Å². The van der Waals surface area contributed by atoms with Crippen molar-refractivity contribution >= 4 is 32.1 Å². The van der Waals surface area contributed by atoms with Gasteiger partial charge in [-0.2, -0.15) is 0 Å². The maximum Gasteiger partial charge on any atom is 0.123 e. The minimum Gasteiger partial charge on any atom is -0.207 e. The van der Waals surface area contributed by atoms with E-state index in [-0.39, 0.29) is 5.82 Å². The molecule has 1 aromatic carbocycles. The number of rotatable bonds is 7. The van der Waals surface area contributed by atoms with E-state index in [0.717, 1.165) is 12.8 Å². The zero-order chi connectivity index (χ0) is 15.4. The summed E-state index contributed by atoms with van der Waals surface area (Å²) in [5, 5.41) is 1.41. The number of hydrogen-bond acceptors (Lipinski definition) is 2. The molecule has 22 heavy (non-hydrogen) atoms. The highest BCUT2D eigenvalue weighted by Gasteiger charge is 2.07. The average Bonchev–Trinajstić information content (AvgIpc) is 3.05. The van der Waals surface area contributed by atoms with Crippen LogP contribution in [0, 0.1) is 5.82 Å². The summed E-state index contributed by atoms with van der Waals surface area (Å²) in [5.74, 6) is -0.156. The molecule has 0 aliphatic heterocycles. The Kier molecular flexibility index (Phi) is 5.27. The molecule has 0 fully saturated rings. The highest BCUT2D eigenvalue weighted by Crippen LogP contribution is 2.34. The normalized spacial score (nSPS) is 11.4. The quantitative estimate of drug-likeness (QED) is 0.426. The van der Waals surface area contributed by atoms with Gasteiger partial charge < -0.3 is 0 Å². The summed E-state index contributed by atoms with van der Waals surface area (Å²) in [6.07, 6.45) is 7.18. The van der Waals surface area contributed by atoms with Gasteiger partial charge in [-0.3, -0.25) is 0 Å². The van der Waals surface area contributed by atoms with Gasteiger partial charge >= 0.3 is 0 Å². The van der Waals surface area contributed by atoms with Crippen LogP contribution in [-0.4, -0.2) is 0 Å². The molecule has 0 aliphatic rings. The fourth-order valence-electron chi connectivity index (χ4n) is 2.66. The summed E-state index contributed by atoms with van der Waals surface area (Å²) < 4.78 is 14.4. The zero-order valence-electron chi connectivity index (χ0n) is 12.9. The number of halogens is 1. The highest BCUT2D eigenvalue weighted by molar-refractivity contribution is 7.38. The second-order valence-corrected chi connectivity index (χ2v) is 8.28. The number of unbranched alkanes of at least 4 members (excludes halogenated alkanes) is 2. The molecule has 3 aromatic rings. The molecule has 0 saturated heterocycles. The summed E-state index contributed by atoms with van der Waals surface area (Å²) >= 11 is 3.89. The Morgan fingerprint density at radius 1 is 0.864 bits per heavy atom. The van der Waals surface area contributed by atoms with Crippen LogP contribution in [0.3, 0.4) is 0 Å². The number of thiophene rings is 2. The van der Waals surface area contributed by atoms with Crippen molar-refractivity contribution in [3.05, 3.63) is 57.5 Å². The molecule has 0 nitrogen and oxygen atoms in total. The lowest BCUT2D eigenvalue weighted by Gasteiger charge is -1.99. The van der Waals surface area contributed by atoms with Crippen LogP contribution in [0.5, 0.6) is 0 Å². The van der Waals surface area contributed by atoms with Crippen LogP contribution in [-0.2, 0) is 19.3 Å². The van der Waals surface area contributed by atoms with E-state index in [2.05, 4.69) is 19.1 Å². The fraction of sp³-hybridized carbons (Fsp3) is 0.368. The molecular formula is C19H21FS2. The number of benzene rings is 1. The Balaban J connectivity index is 1.60. The molecule has 3 rings (SSSR count). The Morgan fingerprint density at radius 2 is 1.55 bits per heavy atom. The van der Waals surface area contributed by atoms with Crippen LogP contribution in [0.15, 0.2) is 36.4 Å². The van der Waals surface area contributed by atoms with Crippen molar-refractivity contribution in [2.45, 2.75) is 45.4 Å². The van der Waals surface area contributed by atoms with Crippen LogP contribution in [0.25, 0.3) is 9.40 Å². The van der Waals surface area contributed by atoms with Gasteiger partial charge in [0.2, 0.25) is 0 Å². The average molecular weight is 333 g/mol. The van der Waals surface area contributed by atoms with Crippen molar-refractivity contribution in [2.75, 3.05) is 0 Å². The molecule has 0 unspecified atom stereocenters. The van der Waals surface area contributed by atoms with E-state index in [1.165, 1.54) is 50.4 Å². The van der Waals surface area contributed by atoms with Crippen LogP contribution < -0.4 is 0 Å². The lowest BCUT2D eigenvalue weighted by atomic mass is 10.1. The summed E-state index contributed by atoms with van der Waals surface area (Å²) in [5.41, 5.74) is 1.21. The third kappa shape index (κ3) is 3.96. The first-order chi connectivity index (χ1) is 10.7. The Hall–Kier alpha value is -1.19. The molecule has 2 aromatic heterocycles. The Labute approximate surface area is 139 Å². The minimum absolute atomic E-state index is 0.156. The lowest BCUT2D eigenvalue weighted by molar-refractivity contribution is 0.627. The van der Waals surface area contributed by atoms with Gasteiger partial charge in [0.1, 0.15) is 5.82 Å². The second kappa shape index (κ2) is 7.38. The second-order valence-electron chi connectivity index (χ2n) is 5.75. The predicted octanol–water partition coefficient (Wildman–Crippen LogP) is 6.62. The first-order valence-corrected chi connectivity index (χ1v) is 9.63. The number of aryl methyl sites for hydroxylation is 3. The van der Waals surface area contributed by atoms with Gasteiger partial charge in [0, 0.05) is 15.1 Å². The molecule has 3 heteroatoms. The van der Waals surface area contributed by atoms with E-state index in [1.807, 2.05) is 34.8 Å². The standard InChI is InChI=1S/C19H21FS2/c1-2-3-4-5-17-12-15-13-18(22-19(15)21-17)11-8-14-6-9-16(20)10-7-14/h6-7,9-10,12-13H,2-5,8,11H2,1H3. The van der Waals surface area contributed by atoms with Gasteiger partial charge in [0.05, 0.1) is 4.01 Å². The molecule has 0 aliphatic carbocycles. The molecule has 0 spiro atoms. The maximum absolute atomic E-state index is 12.9. The van der Waals surface area contributed by atoms with Crippen molar-refractivity contribution in [2.24, 2.45) is 0 Å². The zero-order valence-corrected chi connectivity index (χ0v) is 14.5. The summed E-state index contributed by atoms with van der Waals surface area (Å²) in [6.45, 7) is 2.25. The molecule has 0 amide bonds. The van der Waals surface area contributed by atoms with Crippen LogP contribution in [0.4, 0.5) is 4.39 Å². The molecule has 0 atom stereocenters. The Morgan fingerprint density at radius 3 is 2.18 bits per heavy atom. The highest BCUT2D eigenvalue weighted by atomic mass is 32.2. The van der Waals surface area contributed by atoms with Crippen molar-refractivity contribution in [1.82, 2.24) is 0 Å². The lowest BCUT2D eigenvalue weighted by Crippen LogP contribution is -1.88. The van der Waals surface area contributed by atoms with Crippen molar-refractivity contribution in [1.29, 1.82) is 0 Å². The molecule has 0 saturated carbocycles. The van der Waals surface area contributed by atoms with Gasteiger partial charge in [0.15, 0.2) is 0 Å². The van der Waals surface area contributed by atoms with Gasteiger partial charge in [-0.25, -0.2) is 4.39 Å². The maximum atomic E-state index is 12.9. The minimum atomic E-state index is -0.156. The third-order valence-electron chi connectivity index (χ3n) is 3.92. The first-order valence-electron chi connectivity index (χ1n) is 8.00. The predicted molar refractivity (Wildman–Crippen MR) is 96.7 cm³/mol. The molecule has 0 bridgehead atoms. The first kappa shape index (κ1) is 15.7. The third-order valence-corrected chi connectivity index (χ3v) is 6.43. The van der Waals surface area contributed by atoms with E-state index < -0.39 is 0 Å². The summed E-state index contributed by atoms with van der Waals surface area (Å²) in [6, 6.07) is 11.6. The van der Waals surface area contributed by atoms with Crippen LogP contribution in [0.2, 0.25) is 0 Å². The van der Waals surface area contributed by atoms with Gasteiger partial charge in [-0.05, 0) is 55.5 Å². The topological polar surface area (TPSA) is 0 Å².